The van der Waals surface area contributed by atoms with Gasteiger partial charge in [-0.15, -0.1) is 0 Å². The topological polar surface area (TPSA) is 54.4 Å². The second-order valence-electron chi connectivity index (χ2n) is 7.02. The molecule has 0 bridgehead atoms. The summed E-state index contributed by atoms with van der Waals surface area (Å²) in [5.41, 5.74) is -0.474. The number of hydrogen-bond acceptors (Lipinski definition) is 2. The first-order valence-corrected chi connectivity index (χ1v) is 9.18. The third-order valence-corrected chi connectivity index (χ3v) is 4.57. The van der Waals surface area contributed by atoms with E-state index in [0.29, 0.717) is 12.8 Å². The molecule has 0 aliphatic carbocycles. The van der Waals surface area contributed by atoms with Crippen LogP contribution in [0.1, 0.15) is 97.8 Å². The van der Waals surface area contributed by atoms with Gasteiger partial charge in [-0.1, -0.05) is 78.6 Å². The number of unbranched alkanes of at least 4 members (excludes halogenated alkanes) is 7. The summed E-state index contributed by atoms with van der Waals surface area (Å²) in [5, 5.41) is 9.38. The van der Waals surface area contributed by atoms with Gasteiger partial charge in [0, 0.05) is 5.41 Å². The number of carboxylic acid groups (broad SMARTS) is 1. The highest BCUT2D eigenvalue weighted by Crippen LogP contribution is 2.31. The van der Waals surface area contributed by atoms with Crippen LogP contribution in [0.2, 0.25) is 0 Å². The molecule has 2 unspecified atom stereocenters. The monoisotopic (exact) mass is 312 g/mol. The van der Waals surface area contributed by atoms with Crippen molar-refractivity contribution in [2.45, 2.75) is 97.8 Å². The Kier molecular flexibility index (Phi) is 12.2. The number of carbonyl (C=O) groups is 2. The summed E-state index contributed by atoms with van der Waals surface area (Å²) in [4.78, 5) is 22.7. The summed E-state index contributed by atoms with van der Waals surface area (Å²) < 4.78 is 0. The summed E-state index contributed by atoms with van der Waals surface area (Å²) in [6.45, 7) is 6.15. The summed E-state index contributed by atoms with van der Waals surface area (Å²) in [5.74, 6) is -1.12. The van der Waals surface area contributed by atoms with Crippen LogP contribution in [0, 0.1) is 11.3 Å². The van der Waals surface area contributed by atoms with Crippen molar-refractivity contribution >= 4 is 12.3 Å². The minimum absolute atomic E-state index is 0.373. The van der Waals surface area contributed by atoms with Gasteiger partial charge in [-0.2, -0.15) is 0 Å². The second-order valence-corrected chi connectivity index (χ2v) is 7.02. The fourth-order valence-corrected chi connectivity index (χ4v) is 3.18. The van der Waals surface area contributed by atoms with Crippen molar-refractivity contribution in [2.75, 3.05) is 0 Å². The minimum atomic E-state index is -0.743. The minimum Gasteiger partial charge on any atom is -0.481 e. The molecule has 0 aliphatic heterocycles. The van der Waals surface area contributed by atoms with Gasteiger partial charge in [0.1, 0.15) is 6.29 Å². The Morgan fingerprint density at radius 3 is 2.00 bits per heavy atom. The molecule has 0 fully saturated rings. The van der Waals surface area contributed by atoms with Gasteiger partial charge in [-0.25, -0.2) is 0 Å². The highest BCUT2D eigenvalue weighted by atomic mass is 16.4. The largest absolute Gasteiger partial charge is 0.481 e. The molecule has 0 heterocycles. The third kappa shape index (κ3) is 9.97. The van der Waals surface area contributed by atoms with E-state index in [1.807, 2.05) is 13.8 Å². The Morgan fingerprint density at radius 1 is 1.00 bits per heavy atom. The molecule has 0 saturated heterocycles. The molecule has 0 aliphatic rings. The molecule has 0 aromatic heterocycles. The zero-order valence-electron chi connectivity index (χ0n) is 14.9. The van der Waals surface area contributed by atoms with Crippen LogP contribution in [0.5, 0.6) is 0 Å². The molecule has 0 aromatic carbocycles. The number of hydrogen-bond donors (Lipinski definition) is 1. The van der Waals surface area contributed by atoms with Gasteiger partial charge >= 0.3 is 5.97 Å². The smallest absolute Gasteiger partial charge is 0.306 e. The predicted molar refractivity (Wildman–Crippen MR) is 92.0 cm³/mol. The molecule has 130 valence electrons. The van der Waals surface area contributed by atoms with Crippen LogP contribution in [0.3, 0.4) is 0 Å². The van der Waals surface area contributed by atoms with Crippen LogP contribution in [-0.2, 0) is 9.59 Å². The first kappa shape index (κ1) is 21.1. The molecule has 3 heteroatoms. The number of carboxylic acids is 1. The molecular formula is C19H36O3. The Balaban J connectivity index is 4.00. The van der Waals surface area contributed by atoms with E-state index in [4.69, 9.17) is 0 Å². The van der Waals surface area contributed by atoms with Crippen LogP contribution in [0.25, 0.3) is 0 Å². The first-order chi connectivity index (χ1) is 10.5. The van der Waals surface area contributed by atoms with Crippen LogP contribution >= 0.6 is 0 Å². The van der Waals surface area contributed by atoms with Gasteiger partial charge in [0.05, 0.1) is 5.92 Å². The third-order valence-electron chi connectivity index (χ3n) is 4.57. The number of aliphatic carboxylic acids is 1. The maximum absolute atomic E-state index is 11.4. The lowest BCUT2D eigenvalue weighted by atomic mass is 9.77. The Hall–Kier alpha value is -0.860. The maximum Gasteiger partial charge on any atom is 0.306 e. The van der Waals surface area contributed by atoms with E-state index in [-0.39, 0.29) is 5.92 Å². The molecular weight excluding hydrogens is 276 g/mol. The molecule has 0 rings (SSSR count). The highest BCUT2D eigenvalue weighted by Gasteiger charge is 2.30. The van der Waals surface area contributed by atoms with E-state index in [2.05, 4.69) is 6.92 Å². The Bertz CT molecular complexity index is 301. The van der Waals surface area contributed by atoms with Crippen molar-refractivity contribution in [3.05, 3.63) is 0 Å². The maximum atomic E-state index is 11.4. The lowest BCUT2D eigenvalue weighted by Crippen LogP contribution is -2.26. The van der Waals surface area contributed by atoms with Gasteiger partial charge in [-0.3, -0.25) is 4.79 Å². The van der Waals surface area contributed by atoms with Gasteiger partial charge < -0.3 is 9.90 Å². The van der Waals surface area contributed by atoms with Gasteiger partial charge in [0.25, 0.3) is 0 Å². The summed E-state index contributed by atoms with van der Waals surface area (Å²) >= 11 is 0. The normalized spacial score (nSPS) is 15.2. The lowest BCUT2D eigenvalue weighted by Gasteiger charge is -2.26. The van der Waals surface area contributed by atoms with Crippen molar-refractivity contribution in [1.82, 2.24) is 0 Å². The molecule has 0 spiro atoms. The average Bonchev–Trinajstić information content (AvgIpc) is 2.48. The van der Waals surface area contributed by atoms with E-state index in [1.54, 1.807) is 0 Å². The molecule has 3 nitrogen and oxygen atoms in total. The predicted octanol–water partition coefficient (Wildman–Crippen LogP) is 5.61. The zero-order chi connectivity index (χ0) is 16.8. The van der Waals surface area contributed by atoms with E-state index >= 15 is 0 Å². The highest BCUT2D eigenvalue weighted by molar-refractivity contribution is 5.71. The van der Waals surface area contributed by atoms with Crippen LogP contribution in [0.15, 0.2) is 0 Å². The van der Waals surface area contributed by atoms with E-state index in [9.17, 15) is 14.7 Å². The number of rotatable bonds is 15. The Labute approximate surface area is 136 Å². The van der Waals surface area contributed by atoms with Crippen molar-refractivity contribution in [3.8, 4) is 0 Å². The SMILES string of the molecule is CCCCCCCCCCC(CC(C)(C=O)CCC)C(=O)O. The lowest BCUT2D eigenvalue weighted by molar-refractivity contribution is -0.143. The molecule has 0 aromatic rings. The summed E-state index contributed by atoms with van der Waals surface area (Å²) in [7, 11) is 0. The van der Waals surface area contributed by atoms with Gasteiger partial charge in [0.15, 0.2) is 0 Å². The first-order valence-electron chi connectivity index (χ1n) is 9.18. The molecule has 0 amide bonds. The van der Waals surface area contributed by atoms with Crippen molar-refractivity contribution in [3.63, 3.8) is 0 Å². The van der Waals surface area contributed by atoms with Crippen LogP contribution < -0.4 is 0 Å². The molecule has 0 radical (unpaired) electrons. The fraction of sp³-hybridized carbons (Fsp3) is 0.895. The van der Waals surface area contributed by atoms with E-state index < -0.39 is 11.4 Å². The fourth-order valence-electron chi connectivity index (χ4n) is 3.18. The second kappa shape index (κ2) is 12.7. The summed E-state index contributed by atoms with van der Waals surface area (Å²) in [6, 6.07) is 0. The summed E-state index contributed by atoms with van der Waals surface area (Å²) in [6.07, 6.45) is 13.6. The molecule has 22 heavy (non-hydrogen) atoms. The molecule has 1 N–H and O–H groups in total. The Morgan fingerprint density at radius 2 is 1.55 bits per heavy atom. The average molecular weight is 312 g/mol. The quantitative estimate of drug-likeness (QED) is 0.316. The number of carbonyl (C=O) groups excluding carboxylic acids is 1. The standard InChI is InChI=1S/C19H36O3/c1-4-6-7-8-9-10-11-12-13-17(18(21)22)15-19(3,16-20)14-5-2/h16-17H,4-15H2,1-3H3,(H,21,22). The van der Waals surface area contributed by atoms with Crippen LogP contribution in [-0.4, -0.2) is 17.4 Å². The van der Waals surface area contributed by atoms with E-state index in [1.165, 1.54) is 38.5 Å². The van der Waals surface area contributed by atoms with Gasteiger partial charge in [0.2, 0.25) is 0 Å². The van der Waals surface area contributed by atoms with Crippen LogP contribution in [0.4, 0.5) is 0 Å². The molecule has 2 atom stereocenters. The number of aldehydes is 1. The van der Waals surface area contributed by atoms with Crippen molar-refractivity contribution in [2.24, 2.45) is 11.3 Å². The van der Waals surface area contributed by atoms with Gasteiger partial charge in [-0.05, 0) is 19.3 Å². The zero-order valence-corrected chi connectivity index (χ0v) is 14.9. The van der Waals surface area contributed by atoms with Crippen molar-refractivity contribution < 1.29 is 14.7 Å². The van der Waals surface area contributed by atoms with Crippen molar-refractivity contribution in [1.29, 1.82) is 0 Å². The molecule has 0 saturated carbocycles. The van der Waals surface area contributed by atoms with E-state index in [0.717, 1.165) is 32.0 Å².